The molecule has 1 aromatic rings. The number of hydrogen-bond acceptors (Lipinski definition) is 4. The van der Waals surface area contributed by atoms with Crippen LogP contribution in [0.1, 0.15) is 19.8 Å². The second-order valence-corrected chi connectivity index (χ2v) is 6.23. The van der Waals surface area contributed by atoms with Crippen LogP contribution in [-0.2, 0) is 4.74 Å². The first-order chi connectivity index (χ1) is 11.6. The quantitative estimate of drug-likeness (QED) is 0.832. The zero-order valence-corrected chi connectivity index (χ0v) is 15.0. The summed E-state index contributed by atoms with van der Waals surface area (Å²) in [4.78, 5) is 16.8. The summed E-state index contributed by atoms with van der Waals surface area (Å²) in [5.74, 6) is 0.810. The SMILES string of the molecule is CCOc1ccc(NC(=O)N(CCN(C)C)C2CCOCC2)cc1. The van der Waals surface area contributed by atoms with Gasteiger partial charge in [0.15, 0.2) is 0 Å². The summed E-state index contributed by atoms with van der Waals surface area (Å²) in [6, 6.07) is 7.68. The maximum atomic E-state index is 12.8. The van der Waals surface area contributed by atoms with Gasteiger partial charge in [0.25, 0.3) is 0 Å². The Bertz CT molecular complexity index is 499. The van der Waals surface area contributed by atoms with Crippen LogP contribution in [0.4, 0.5) is 10.5 Å². The molecule has 1 aliphatic heterocycles. The lowest BCUT2D eigenvalue weighted by atomic mass is 10.1. The molecule has 2 rings (SSSR count). The standard InChI is InChI=1S/C18H29N3O3/c1-4-24-17-7-5-15(6-8-17)19-18(22)21(12-11-20(2)3)16-9-13-23-14-10-16/h5-8,16H,4,9-14H2,1-3H3,(H,19,22). The lowest BCUT2D eigenvalue weighted by Gasteiger charge is -2.35. The third kappa shape index (κ3) is 5.69. The highest BCUT2D eigenvalue weighted by Crippen LogP contribution is 2.19. The van der Waals surface area contributed by atoms with Crippen molar-refractivity contribution in [1.82, 2.24) is 9.80 Å². The molecule has 6 heteroatoms. The summed E-state index contributed by atoms with van der Waals surface area (Å²) in [6.45, 7) is 5.58. The number of carbonyl (C=O) groups excluding carboxylic acids is 1. The number of carbonyl (C=O) groups is 1. The van der Waals surface area contributed by atoms with Crippen molar-refractivity contribution in [1.29, 1.82) is 0 Å². The summed E-state index contributed by atoms with van der Waals surface area (Å²) < 4.78 is 10.9. The van der Waals surface area contributed by atoms with E-state index in [4.69, 9.17) is 9.47 Å². The minimum atomic E-state index is -0.0482. The fourth-order valence-corrected chi connectivity index (χ4v) is 2.75. The maximum Gasteiger partial charge on any atom is 0.322 e. The predicted molar refractivity (Wildman–Crippen MR) is 95.7 cm³/mol. The summed E-state index contributed by atoms with van der Waals surface area (Å²) in [6.07, 6.45) is 1.79. The zero-order valence-electron chi connectivity index (χ0n) is 15.0. The van der Waals surface area contributed by atoms with Gasteiger partial charge in [0.2, 0.25) is 0 Å². The third-order valence-electron chi connectivity index (χ3n) is 4.10. The van der Waals surface area contributed by atoms with Gasteiger partial charge in [-0.25, -0.2) is 4.79 Å². The van der Waals surface area contributed by atoms with Gasteiger partial charge in [-0.3, -0.25) is 0 Å². The van der Waals surface area contributed by atoms with Gasteiger partial charge in [0.05, 0.1) is 6.61 Å². The van der Waals surface area contributed by atoms with Crippen molar-refractivity contribution < 1.29 is 14.3 Å². The number of hydrogen-bond donors (Lipinski definition) is 1. The monoisotopic (exact) mass is 335 g/mol. The van der Waals surface area contributed by atoms with Crippen molar-refractivity contribution in [3.8, 4) is 5.75 Å². The summed E-state index contributed by atoms with van der Waals surface area (Å²) in [7, 11) is 4.04. The van der Waals surface area contributed by atoms with Crippen LogP contribution >= 0.6 is 0 Å². The molecule has 6 nitrogen and oxygen atoms in total. The number of likely N-dealkylation sites (N-methyl/N-ethyl adjacent to an activating group) is 1. The lowest BCUT2D eigenvalue weighted by Crippen LogP contribution is -2.48. The first-order valence-electron chi connectivity index (χ1n) is 8.63. The highest BCUT2D eigenvalue weighted by atomic mass is 16.5. The predicted octanol–water partition coefficient (Wildman–Crippen LogP) is 2.66. The number of rotatable bonds is 7. The average Bonchev–Trinajstić information content (AvgIpc) is 2.58. The summed E-state index contributed by atoms with van der Waals surface area (Å²) in [5, 5.41) is 3.00. The van der Waals surface area contributed by atoms with E-state index in [0.29, 0.717) is 13.2 Å². The molecular weight excluding hydrogens is 306 g/mol. The molecule has 1 N–H and O–H groups in total. The fraction of sp³-hybridized carbons (Fsp3) is 0.611. The molecule has 0 saturated carbocycles. The van der Waals surface area contributed by atoms with Crippen LogP contribution in [0.15, 0.2) is 24.3 Å². The van der Waals surface area contributed by atoms with Crippen molar-refractivity contribution >= 4 is 11.7 Å². The van der Waals surface area contributed by atoms with Crippen LogP contribution in [0.5, 0.6) is 5.75 Å². The molecule has 0 bridgehead atoms. The molecule has 0 aliphatic carbocycles. The number of ether oxygens (including phenoxy) is 2. The van der Waals surface area contributed by atoms with Crippen LogP contribution in [0.3, 0.4) is 0 Å². The molecule has 0 atom stereocenters. The normalized spacial score (nSPS) is 15.3. The Hall–Kier alpha value is -1.79. The Kier molecular flexibility index (Phi) is 7.34. The highest BCUT2D eigenvalue weighted by molar-refractivity contribution is 5.89. The topological polar surface area (TPSA) is 54.0 Å². The molecule has 2 amide bonds. The number of anilines is 1. The molecule has 0 radical (unpaired) electrons. The van der Waals surface area contributed by atoms with Crippen molar-refractivity contribution in [3.05, 3.63) is 24.3 Å². The highest BCUT2D eigenvalue weighted by Gasteiger charge is 2.25. The first kappa shape index (κ1) is 18.5. The second kappa shape index (κ2) is 9.49. The van der Waals surface area contributed by atoms with E-state index in [1.807, 2.05) is 50.2 Å². The molecule has 1 aromatic carbocycles. The smallest absolute Gasteiger partial charge is 0.322 e. The van der Waals surface area contributed by atoms with Crippen molar-refractivity contribution in [2.75, 3.05) is 52.3 Å². The van der Waals surface area contributed by atoms with Crippen LogP contribution < -0.4 is 10.1 Å². The van der Waals surface area contributed by atoms with Gasteiger partial charge in [0.1, 0.15) is 5.75 Å². The van der Waals surface area contributed by atoms with Crippen molar-refractivity contribution in [3.63, 3.8) is 0 Å². The number of amides is 2. The molecule has 0 unspecified atom stereocenters. The van der Waals surface area contributed by atoms with Gasteiger partial charge in [-0.15, -0.1) is 0 Å². The van der Waals surface area contributed by atoms with E-state index in [1.54, 1.807) is 0 Å². The third-order valence-corrected chi connectivity index (χ3v) is 4.10. The number of nitrogens with one attached hydrogen (secondary N) is 1. The van der Waals surface area contributed by atoms with E-state index in [0.717, 1.165) is 44.0 Å². The largest absolute Gasteiger partial charge is 0.494 e. The van der Waals surface area contributed by atoms with E-state index >= 15 is 0 Å². The summed E-state index contributed by atoms with van der Waals surface area (Å²) in [5.41, 5.74) is 0.783. The molecule has 24 heavy (non-hydrogen) atoms. The molecule has 1 saturated heterocycles. The van der Waals surface area contributed by atoms with Gasteiger partial charge >= 0.3 is 6.03 Å². The summed E-state index contributed by atoms with van der Waals surface area (Å²) >= 11 is 0. The molecule has 1 fully saturated rings. The Morgan fingerprint density at radius 1 is 1.21 bits per heavy atom. The van der Waals surface area contributed by atoms with Crippen LogP contribution in [-0.4, -0.2) is 68.9 Å². The van der Waals surface area contributed by atoms with Gasteiger partial charge in [-0.2, -0.15) is 0 Å². The molecule has 134 valence electrons. The second-order valence-electron chi connectivity index (χ2n) is 6.23. The Morgan fingerprint density at radius 3 is 2.46 bits per heavy atom. The number of urea groups is 1. The van der Waals surface area contributed by atoms with E-state index in [9.17, 15) is 4.79 Å². The Balaban J connectivity index is 1.99. The van der Waals surface area contributed by atoms with Crippen molar-refractivity contribution in [2.45, 2.75) is 25.8 Å². The van der Waals surface area contributed by atoms with Crippen molar-refractivity contribution in [2.24, 2.45) is 0 Å². The Labute approximate surface area is 144 Å². The molecular formula is C18H29N3O3. The van der Waals surface area contributed by atoms with Crippen LogP contribution in [0, 0.1) is 0 Å². The maximum absolute atomic E-state index is 12.8. The van der Waals surface area contributed by atoms with E-state index < -0.39 is 0 Å². The van der Waals surface area contributed by atoms with E-state index in [1.165, 1.54) is 0 Å². The minimum absolute atomic E-state index is 0.0482. The lowest BCUT2D eigenvalue weighted by molar-refractivity contribution is 0.0466. The zero-order chi connectivity index (χ0) is 17.4. The molecule has 0 spiro atoms. The van der Waals surface area contributed by atoms with E-state index in [-0.39, 0.29) is 12.1 Å². The average molecular weight is 335 g/mol. The minimum Gasteiger partial charge on any atom is -0.494 e. The molecule has 0 aromatic heterocycles. The molecule has 1 heterocycles. The fourth-order valence-electron chi connectivity index (χ4n) is 2.75. The van der Waals surface area contributed by atoms with Gasteiger partial charge in [-0.1, -0.05) is 0 Å². The van der Waals surface area contributed by atoms with Gasteiger partial charge in [-0.05, 0) is 58.1 Å². The number of nitrogens with zero attached hydrogens (tertiary/aromatic N) is 2. The first-order valence-corrected chi connectivity index (χ1v) is 8.63. The van der Waals surface area contributed by atoms with E-state index in [2.05, 4.69) is 10.2 Å². The Morgan fingerprint density at radius 2 is 1.88 bits per heavy atom. The van der Waals surface area contributed by atoms with Crippen LogP contribution in [0.25, 0.3) is 0 Å². The number of benzene rings is 1. The van der Waals surface area contributed by atoms with Gasteiger partial charge in [0, 0.05) is 38.0 Å². The molecule has 1 aliphatic rings. The van der Waals surface area contributed by atoms with Crippen LogP contribution in [0.2, 0.25) is 0 Å². The van der Waals surface area contributed by atoms with Gasteiger partial charge < -0.3 is 24.6 Å².